The smallest absolute Gasteiger partial charge is 0.354 e. The maximum absolute atomic E-state index is 13.9. The number of methoxy groups -OCH3 is 3. The lowest BCUT2D eigenvalue weighted by Crippen LogP contribution is -2.23. The molecule has 2 aromatic heterocycles. The fraction of sp³-hybridized carbons (Fsp3) is 0.143. The summed E-state index contributed by atoms with van der Waals surface area (Å²) in [5.41, 5.74) is -0.0134. The summed E-state index contributed by atoms with van der Waals surface area (Å²) >= 11 is 0.997. The molecule has 37 heavy (non-hydrogen) atoms. The number of para-hydroxylation sites is 1. The van der Waals surface area contributed by atoms with E-state index in [1.54, 1.807) is 49.6 Å². The Hall–Kier alpha value is -4.37. The predicted octanol–water partition coefficient (Wildman–Crippen LogP) is 5.04. The van der Waals surface area contributed by atoms with Gasteiger partial charge in [0.2, 0.25) is 0 Å². The molecule has 0 radical (unpaired) electrons. The van der Waals surface area contributed by atoms with Crippen LogP contribution in [0.25, 0.3) is 21.9 Å². The fourth-order valence-electron chi connectivity index (χ4n) is 4.23. The predicted molar refractivity (Wildman–Crippen MR) is 142 cm³/mol. The summed E-state index contributed by atoms with van der Waals surface area (Å²) in [6.45, 7) is 0.152. The lowest BCUT2D eigenvalue weighted by atomic mass is 10.1. The lowest BCUT2D eigenvalue weighted by molar-refractivity contribution is 0.408. The van der Waals surface area contributed by atoms with Crippen LogP contribution in [0.1, 0.15) is 5.56 Å². The molecule has 3 aromatic carbocycles. The van der Waals surface area contributed by atoms with Crippen LogP contribution in [0.4, 0.5) is 0 Å². The van der Waals surface area contributed by atoms with Gasteiger partial charge in [-0.25, -0.2) is 4.79 Å². The van der Waals surface area contributed by atoms with Crippen molar-refractivity contribution in [2.45, 2.75) is 16.3 Å². The minimum atomic E-state index is -0.753. The Balaban J connectivity index is 1.79. The van der Waals surface area contributed by atoms with E-state index in [9.17, 15) is 14.7 Å². The summed E-state index contributed by atoms with van der Waals surface area (Å²) < 4.78 is 23.3. The van der Waals surface area contributed by atoms with Crippen molar-refractivity contribution in [3.8, 4) is 23.0 Å². The molecule has 2 heterocycles. The van der Waals surface area contributed by atoms with E-state index in [4.69, 9.17) is 18.6 Å². The largest absolute Gasteiger partial charge is 0.505 e. The molecule has 0 atom stereocenters. The standard InChI is InChI=1S/C28H23NO7S/c1-33-17-8-6-9-19(13-17)37-26-24(30)23-25(36-28(26)32)20-12-11-18(34-2)14-21(20)29(27(23)31)15-16-7-4-5-10-22(16)35-3/h4-14,30H,15H2,1-3H3. The summed E-state index contributed by atoms with van der Waals surface area (Å²) in [6, 6.07) is 19.5. The average Bonchev–Trinajstić information content (AvgIpc) is 2.93. The second-order valence-corrected chi connectivity index (χ2v) is 9.22. The third-order valence-corrected chi connectivity index (χ3v) is 7.09. The van der Waals surface area contributed by atoms with Gasteiger partial charge < -0.3 is 28.3 Å². The van der Waals surface area contributed by atoms with Crippen molar-refractivity contribution < 1.29 is 23.7 Å². The zero-order valence-electron chi connectivity index (χ0n) is 20.3. The van der Waals surface area contributed by atoms with Crippen LogP contribution < -0.4 is 25.4 Å². The summed E-state index contributed by atoms with van der Waals surface area (Å²) in [5, 5.41) is 11.7. The van der Waals surface area contributed by atoms with Crippen LogP contribution in [0.2, 0.25) is 0 Å². The van der Waals surface area contributed by atoms with Gasteiger partial charge in [-0.2, -0.15) is 0 Å². The van der Waals surface area contributed by atoms with Crippen molar-refractivity contribution in [1.82, 2.24) is 4.57 Å². The third-order valence-electron chi connectivity index (χ3n) is 6.04. The van der Waals surface area contributed by atoms with Crippen LogP contribution >= 0.6 is 11.8 Å². The Morgan fingerprint density at radius 2 is 1.65 bits per heavy atom. The fourth-order valence-corrected chi connectivity index (χ4v) is 5.11. The number of hydrogen-bond acceptors (Lipinski definition) is 8. The van der Waals surface area contributed by atoms with Gasteiger partial charge in [-0.05, 0) is 36.4 Å². The van der Waals surface area contributed by atoms with E-state index in [0.29, 0.717) is 33.0 Å². The average molecular weight is 518 g/mol. The molecule has 0 amide bonds. The van der Waals surface area contributed by atoms with E-state index in [2.05, 4.69) is 0 Å². The number of aromatic hydroxyl groups is 1. The van der Waals surface area contributed by atoms with E-state index >= 15 is 0 Å². The summed E-state index contributed by atoms with van der Waals surface area (Å²) in [6.07, 6.45) is 0. The van der Waals surface area contributed by atoms with Gasteiger partial charge in [0.25, 0.3) is 5.56 Å². The van der Waals surface area contributed by atoms with Gasteiger partial charge in [0.1, 0.15) is 27.5 Å². The van der Waals surface area contributed by atoms with Crippen LogP contribution in [-0.4, -0.2) is 31.0 Å². The van der Waals surface area contributed by atoms with E-state index in [-0.39, 0.29) is 22.4 Å². The molecule has 5 rings (SSSR count). The Bertz CT molecular complexity index is 1760. The van der Waals surface area contributed by atoms with Crippen LogP contribution in [0.15, 0.2) is 90.5 Å². The van der Waals surface area contributed by atoms with Crippen molar-refractivity contribution in [3.05, 3.63) is 93.1 Å². The quantitative estimate of drug-likeness (QED) is 0.300. The maximum Gasteiger partial charge on any atom is 0.354 e. The number of aromatic nitrogens is 1. The summed E-state index contributed by atoms with van der Waals surface area (Å²) in [7, 11) is 4.63. The molecule has 9 heteroatoms. The number of pyridine rings is 1. The highest BCUT2D eigenvalue weighted by atomic mass is 32.2. The molecule has 0 saturated carbocycles. The number of rotatable bonds is 7. The first kappa shape index (κ1) is 24.3. The highest BCUT2D eigenvalue weighted by molar-refractivity contribution is 7.99. The van der Waals surface area contributed by atoms with Crippen molar-refractivity contribution >= 4 is 33.6 Å². The lowest BCUT2D eigenvalue weighted by Gasteiger charge is -2.16. The van der Waals surface area contributed by atoms with Gasteiger partial charge in [-0.1, -0.05) is 36.0 Å². The molecule has 0 spiro atoms. The third kappa shape index (κ3) is 4.38. The maximum atomic E-state index is 13.9. The van der Waals surface area contributed by atoms with E-state index in [1.165, 1.54) is 18.8 Å². The highest BCUT2D eigenvalue weighted by Gasteiger charge is 2.23. The molecular formula is C28H23NO7S. The minimum absolute atomic E-state index is 0.0106. The first-order valence-electron chi connectivity index (χ1n) is 11.3. The van der Waals surface area contributed by atoms with Gasteiger partial charge in [-0.3, -0.25) is 4.79 Å². The van der Waals surface area contributed by atoms with Crippen LogP contribution in [0.3, 0.4) is 0 Å². The second kappa shape index (κ2) is 9.94. The molecule has 188 valence electrons. The normalized spacial score (nSPS) is 11.1. The molecule has 1 N–H and O–H groups in total. The Kier molecular flexibility index (Phi) is 6.54. The first-order valence-corrected chi connectivity index (χ1v) is 12.1. The molecule has 0 fully saturated rings. The van der Waals surface area contributed by atoms with Gasteiger partial charge in [0, 0.05) is 21.9 Å². The molecule has 5 aromatic rings. The van der Waals surface area contributed by atoms with Crippen LogP contribution in [0.5, 0.6) is 23.0 Å². The number of fused-ring (bicyclic) bond motifs is 3. The molecule has 0 aliphatic heterocycles. The van der Waals surface area contributed by atoms with Gasteiger partial charge >= 0.3 is 5.63 Å². The Morgan fingerprint density at radius 3 is 2.41 bits per heavy atom. The Morgan fingerprint density at radius 1 is 0.892 bits per heavy atom. The van der Waals surface area contributed by atoms with Gasteiger partial charge in [0.15, 0.2) is 11.3 Å². The molecule has 0 aliphatic carbocycles. The van der Waals surface area contributed by atoms with E-state index in [0.717, 1.165) is 17.3 Å². The van der Waals surface area contributed by atoms with Crippen molar-refractivity contribution in [3.63, 3.8) is 0 Å². The monoisotopic (exact) mass is 517 g/mol. The van der Waals surface area contributed by atoms with Gasteiger partial charge in [0.05, 0.1) is 33.4 Å². The highest BCUT2D eigenvalue weighted by Crippen LogP contribution is 2.38. The van der Waals surface area contributed by atoms with E-state index in [1.807, 2.05) is 24.3 Å². The molecule has 0 aliphatic rings. The van der Waals surface area contributed by atoms with Crippen molar-refractivity contribution in [2.75, 3.05) is 21.3 Å². The molecular weight excluding hydrogens is 494 g/mol. The summed E-state index contributed by atoms with van der Waals surface area (Å²) in [5.74, 6) is 1.30. The van der Waals surface area contributed by atoms with Crippen LogP contribution in [-0.2, 0) is 6.54 Å². The molecule has 0 bridgehead atoms. The zero-order valence-corrected chi connectivity index (χ0v) is 21.1. The first-order chi connectivity index (χ1) is 17.9. The second-order valence-electron chi connectivity index (χ2n) is 8.14. The van der Waals surface area contributed by atoms with E-state index < -0.39 is 16.9 Å². The molecule has 0 saturated heterocycles. The number of hydrogen-bond donors (Lipinski definition) is 1. The number of benzene rings is 3. The van der Waals surface area contributed by atoms with Gasteiger partial charge in [-0.15, -0.1) is 0 Å². The SMILES string of the molecule is COc1cccc(Sc2c(O)c3c(=O)n(Cc4ccccc4OC)c4cc(OC)ccc4c3oc2=O)c1. The van der Waals surface area contributed by atoms with Crippen molar-refractivity contribution in [1.29, 1.82) is 0 Å². The Labute approximate surface area is 215 Å². The number of nitrogens with zero attached hydrogens (tertiary/aromatic N) is 1. The zero-order chi connectivity index (χ0) is 26.1. The minimum Gasteiger partial charge on any atom is -0.505 e. The summed E-state index contributed by atoms with van der Waals surface area (Å²) in [4.78, 5) is 27.5. The molecule has 0 unspecified atom stereocenters. The van der Waals surface area contributed by atoms with Crippen molar-refractivity contribution in [2.24, 2.45) is 0 Å². The topological polar surface area (TPSA) is 100 Å². The molecule has 8 nitrogen and oxygen atoms in total. The number of ether oxygens (including phenoxy) is 3. The van der Waals surface area contributed by atoms with Crippen LogP contribution in [0, 0.1) is 0 Å².